The van der Waals surface area contributed by atoms with Gasteiger partial charge < -0.3 is 4.57 Å². The topological polar surface area (TPSA) is 97.3 Å². The summed E-state index contributed by atoms with van der Waals surface area (Å²) >= 11 is 5.93. The van der Waals surface area contributed by atoms with Crippen molar-refractivity contribution in [3.05, 3.63) is 75.1 Å². The predicted octanol–water partition coefficient (Wildman–Crippen LogP) is 4.04. The molecule has 0 bridgehead atoms. The fraction of sp³-hybridized carbons (Fsp3) is 0.261. The highest BCUT2D eigenvalue weighted by molar-refractivity contribution is 7.91. The number of aryl methyl sites for hydroxylation is 1. The van der Waals surface area contributed by atoms with E-state index < -0.39 is 9.84 Å². The van der Waals surface area contributed by atoms with Gasteiger partial charge >= 0.3 is 0 Å². The van der Waals surface area contributed by atoms with E-state index in [1.807, 2.05) is 13.0 Å². The smallest absolute Gasteiger partial charge is 0.267 e. The average Bonchev–Trinajstić information content (AvgIpc) is 3.29. The summed E-state index contributed by atoms with van der Waals surface area (Å²) in [6.45, 7) is 1.87. The number of halogens is 1. The van der Waals surface area contributed by atoms with Gasteiger partial charge in [-0.2, -0.15) is 0 Å². The van der Waals surface area contributed by atoms with E-state index in [-0.39, 0.29) is 32.3 Å². The number of nitrogens with one attached hydrogen (secondary N) is 1. The average molecular weight is 469 g/mol. The summed E-state index contributed by atoms with van der Waals surface area (Å²) in [7, 11) is -4.05. The molecule has 0 unspecified atom stereocenters. The Morgan fingerprint density at radius 3 is 2.47 bits per heavy atom. The number of benzene rings is 1. The molecule has 0 spiro atoms. The van der Waals surface area contributed by atoms with Gasteiger partial charge in [-0.05, 0) is 61.7 Å². The second-order valence-corrected chi connectivity index (χ2v) is 10.5. The van der Waals surface area contributed by atoms with Crippen LogP contribution in [0.5, 0.6) is 0 Å². The summed E-state index contributed by atoms with van der Waals surface area (Å²) in [6, 6.07) is 10.7. The number of nitrogens with zero attached hydrogens (tertiary/aromatic N) is 3. The molecular weight excluding hydrogens is 448 g/mol. The van der Waals surface area contributed by atoms with Gasteiger partial charge in [-0.15, -0.1) is 0 Å². The minimum Gasteiger partial charge on any atom is -0.307 e. The van der Waals surface area contributed by atoms with Crippen molar-refractivity contribution in [3.8, 4) is 0 Å². The maximum absolute atomic E-state index is 13.5. The standard InChI is InChI=1S/C23H21ClN4O3S/c1-14-5-4-12-27-21(14)26-22-18(23(27)29)13-19(20(25)28(22)16-6-2-3-7-16)32(30,31)17-10-8-15(24)9-11-17/h4-5,8-13,16,25H,2-3,6-7H2,1H3. The number of sulfone groups is 1. The van der Waals surface area contributed by atoms with Crippen LogP contribution in [0.2, 0.25) is 5.02 Å². The minimum atomic E-state index is -4.05. The van der Waals surface area contributed by atoms with Gasteiger partial charge in [0.05, 0.1) is 10.3 Å². The van der Waals surface area contributed by atoms with Crippen molar-refractivity contribution in [2.75, 3.05) is 0 Å². The Balaban J connectivity index is 1.92. The van der Waals surface area contributed by atoms with Crippen LogP contribution in [0.1, 0.15) is 37.3 Å². The van der Waals surface area contributed by atoms with Crippen molar-refractivity contribution in [3.63, 3.8) is 0 Å². The molecular formula is C23H21ClN4O3S. The van der Waals surface area contributed by atoms with Gasteiger partial charge in [0.1, 0.15) is 21.7 Å². The molecule has 1 N–H and O–H groups in total. The van der Waals surface area contributed by atoms with Crippen molar-refractivity contribution < 1.29 is 8.42 Å². The fourth-order valence-electron chi connectivity index (χ4n) is 4.50. The van der Waals surface area contributed by atoms with Crippen molar-refractivity contribution in [2.45, 2.75) is 48.4 Å². The molecule has 1 aliphatic rings. The molecule has 32 heavy (non-hydrogen) atoms. The van der Waals surface area contributed by atoms with Crippen LogP contribution in [0.3, 0.4) is 0 Å². The number of hydrogen-bond donors (Lipinski definition) is 1. The first-order valence-corrected chi connectivity index (χ1v) is 12.3. The van der Waals surface area contributed by atoms with Crippen molar-refractivity contribution in [2.24, 2.45) is 0 Å². The highest BCUT2D eigenvalue weighted by Crippen LogP contribution is 2.31. The first-order chi connectivity index (χ1) is 15.3. The van der Waals surface area contributed by atoms with E-state index in [9.17, 15) is 13.2 Å². The van der Waals surface area contributed by atoms with Crippen molar-refractivity contribution in [1.29, 1.82) is 5.41 Å². The summed E-state index contributed by atoms with van der Waals surface area (Å²) in [6.07, 6.45) is 5.21. The SMILES string of the molecule is Cc1cccn2c(=O)c3cc(S(=O)(=O)c4ccc(Cl)cc4)c(=N)n(C4CCCC4)c3nc12. The molecule has 1 saturated carbocycles. The summed E-state index contributed by atoms with van der Waals surface area (Å²) in [4.78, 5) is 18.0. The summed E-state index contributed by atoms with van der Waals surface area (Å²) in [5.74, 6) is 0. The van der Waals surface area contributed by atoms with Gasteiger partial charge in [0, 0.05) is 17.3 Å². The molecule has 4 aromatic rings. The quantitative estimate of drug-likeness (QED) is 0.459. The first kappa shape index (κ1) is 20.9. The van der Waals surface area contributed by atoms with Gasteiger partial charge in [-0.1, -0.05) is 30.5 Å². The van der Waals surface area contributed by atoms with Crippen LogP contribution in [-0.2, 0) is 9.84 Å². The zero-order valence-corrected chi connectivity index (χ0v) is 18.9. The number of aromatic nitrogens is 3. The van der Waals surface area contributed by atoms with E-state index in [4.69, 9.17) is 22.0 Å². The highest BCUT2D eigenvalue weighted by Gasteiger charge is 2.28. The van der Waals surface area contributed by atoms with E-state index in [0.717, 1.165) is 31.2 Å². The molecule has 164 valence electrons. The lowest BCUT2D eigenvalue weighted by Crippen LogP contribution is -2.32. The van der Waals surface area contributed by atoms with E-state index >= 15 is 0 Å². The maximum Gasteiger partial charge on any atom is 0.267 e. The lowest BCUT2D eigenvalue weighted by atomic mass is 10.2. The summed E-state index contributed by atoms with van der Waals surface area (Å²) in [5.41, 5.74) is 1.19. The van der Waals surface area contributed by atoms with Crippen LogP contribution < -0.4 is 11.0 Å². The van der Waals surface area contributed by atoms with E-state index in [0.29, 0.717) is 16.3 Å². The number of pyridine rings is 2. The Hall–Kier alpha value is -2.97. The summed E-state index contributed by atoms with van der Waals surface area (Å²) < 4.78 is 30.1. The Morgan fingerprint density at radius 1 is 1.09 bits per heavy atom. The first-order valence-electron chi connectivity index (χ1n) is 10.4. The molecule has 1 fully saturated rings. The highest BCUT2D eigenvalue weighted by atomic mass is 35.5. The fourth-order valence-corrected chi connectivity index (χ4v) is 6.00. The zero-order chi connectivity index (χ0) is 22.6. The molecule has 0 saturated heterocycles. The molecule has 5 rings (SSSR count). The number of rotatable bonds is 3. The monoisotopic (exact) mass is 468 g/mol. The molecule has 3 aromatic heterocycles. The second-order valence-electron chi connectivity index (χ2n) is 8.16. The zero-order valence-electron chi connectivity index (χ0n) is 17.4. The van der Waals surface area contributed by atoms with E-state index in [2.05, 4.69) is 0 Å². The van der Waals surface area contributed by atoms with Crippen LogP contribution in [0.4, 0.5) is 0 Å². The molecule has 3 heterocycles. The van der Waals surface area contributed by atoms with E-state index in [1.54, 1.807) is 16.8 Å². The van der Waals surface area contributed by atoms with Gasteiger partial charge in [0.2, 0.25) is 9.84 Å². The third kappa shape index (κ3) is 3.17. The van der Waals surface area contributed by atoms with Gasteiger partial charge in [0.25, 0.3) is 5.56 Å². The summed E-state index contributed by atoms with van der Waals surface area (Å²) in [5, 5.41) is 9.48. The maximum atomic E-state index is 13.5. The van der Waals surface area contributed by atoms with Crippen LogP contribution >= 0.6 is 11.6 Å². The van der Waals surface area contributed by atoms with Crippen molar-refractivity contribution >= 4 is 38.1 Å². The minimum absolute atomic E-state index is 0.0254. The van der Waals surface area contributed by atoms with Crippen LogP contribution in [0, 0.1) is 12.3 Å². The Kier molecular flexibility index (Phi) is 4.94. The van der Waals surface area contributed by atoms with Gasteiger partial charge in [-0.25, -0.2) is 13.4 Å². The largest absolute Gasteiger partial charge is 0.307 e. The lowest BCUT2D eigenvalue weighted by Gasteiger charge is -2.20. The van der Waals surface area contributed by atoms with E-state index in [1.165, 1.54) is 34.7 Å². The predicted molar refractivity (Wildman–Crippen MR) is 122 cm³/mol. The molecule has 9 heteroatoms. The molecule has 1 aromatic carbocycles. The third-order valence-corrected chi connectivity index (χ3v) is 8.18. The van der Waals surface area contributed by atoms with Crippen molar-refractivity contribution in [1.82, 2.24) is 14.0 Å². The molecule has 7 nitrogen and oxygen atoms in total. The number of fused-ring (bicyclic) bond motifs is 2. The Labute approximate surface area is 189 Å². The molecule has 0 atom stereocenters. The molecule has 0 amide bonds. The normalized spacial score (nSPS) is 15.1. The Bertz CT molecular complexity index is 1600. The lowest BCUT2D eigenvalue weighted by molar-refractivity contribution is 0.497. The van der Waals surface area contributed by atoms with Gasteiger partial charge in [-0.3, -0.25) is 14.6 Å². The van der Waals surface area contributed by atoms with Gasteiger partial charge in [0.15, 0.2) is 0 Å². The Morgan fingerprint density at radius 2 is 1.78 bits per heavy atom. The van der Waals surface area contributed by atoms with Crippen LogP contribution in [0.15, 0.2) is 63.2 Å². The molecule has 0 aliphatic heterocycles. The molecule has 1 aliphatic carbocycles. The molecule has 0 radical (unpaired) electrons. The number of hydrogen-bond acceptors (Lipinski definition) is 5. The third-order valence-electron chi connectivity index (χ3n) is 6.15. The second kappa shape index (κ2) is 7.56. The van der Waals surface area contributed by atoms with Crippen LogP contribution in [-0.4, -0.2) is 22.4 Å². The van der Waals surface area contributed by atoms with Crippen LogP contribution in [0.25, 0.3) is 16.7 Å².